The lowest BCUT2D eigenvalue weighted by atomic mass is 10.2. The standard InChI is InChI=1S/C18H22N2O4S/c1-12-8-16(17(23)11-25-10-15(22)9-21)13(2)20(12)19-18(24)14-6-4-3-5-7-14/h3-8,15,21-22H,9-11H2,1-2H3,(H,19,24). The van der Waals surface area contributed by atoms with Crippen LogP contribution in [0.4, 0.5) is 0 Å². The second kappa shape index (κ2) is 8.84. The van der Waals surface area contributed by atoms with Crippen LogP contribution in [0.1, 0.15) is 32.1 Å². The molecule has 1 heterocycles. The summed E-state index contributed by atoms with van der Waals surface area (Å²) in [4.78, 5) is 24.7. The van der Waals surface area contributed by atoms with Crippen LogP contribution < -0.4 is 5.43 Å². The highest BCUT2D eigenvalue weighted by Crippen LogP contribution is 2.17. The summed E-state index contributed by atoms with van der Waals surface area (Å²) in [6.45, 7) is 3.28. The first-order valence-electron chi connectivity index (χ1n) is 7.89. The molecule has 0 fully saturated rings. The second-order valence-electron chi connectivity index (χ2n) is 5.70. The molecular weight excluding hydrogens is 340 g/mol. The van der Waals surface area contributed by atoms with E-state index >= 15 is 0 Å². The zero-order valence-corrected chi connectivity index (χ0v) is 15.0. The van der Waals surface area contributed by atoms with Gasteiger partial charge in [-0.3, -0.25) is 19.7 Å². The lowest BCUT2D eigenvalue weighted by molar-refractivity contribution is 0.0998. The average molecular weight is 362 g/mol. The van der Waals surface area contributed by atoms with Gasteiger partial charge in [0.05, 0.1) is 18.5 Å². The zero-order valence-electron chi connectivity index (χ0n) is 14.2. The molecule has 134 valence electrons. The number of carbonyl (C=O) groups is 2. The van der Waals surface area contributed by atoms with Crippen LogP contribution in [0.15, 0.2) is 36.4 Å². The fourth-order valence-electron chi connectivity index (χ4n) is 2.39. The Morgan fingerprint density at radius 1 is 1.24 bits per heavy atom. The molecular formula is C18H22N2O4S. The van der Waals surface area contributed by atoms with Gasteiger partial charge in [-0.1, -0.05) is 18.2 Å². The van der Waals surface area contributed by atoms with E-state index in [1.807, 2.05) is 13.0 Å². The second-order valence-corrected chi connectivity index (χ2v) is 6.73. The van der Waals surface area contributed by atoms with Crippen molar-refractivity contribution in [1.29, 1.82) is 0 Å². The third kappa shape index (κ3) is 4.94. The molecule has 0 spiro atoms. The van der Waals surface area contributed by atoms with Crippen molar-refractivity contribution in [1.82, 2.24) is 4.68 Å². The lowest BCUT2D eigenvalue weighted by Crippen LogP contribution is -2.25. The third-order valence-corrected chi connectivity index (χ3v) is 4.82. The number of aliphatic hydroxyl groups is 2. The molecule has 1 amide bonds. The summed E-state index contributed by atoms with van der Waals surface area (Å²) >= 11 is 1.27. The first-order valence-corrected chi connectivity index (χ1v) is 9.04. The van der Waals surface area contributed by atoms with Gasteiger partial charge in [0.15, 0.2) is 5.78 Å². The maximum atomic E-state index is 12.4. The number of aromatic nitrogens is 1. The first kappa shape index (κ1) is 19.2. The molecule has 1 aromatic heterocycles. The minimum Gasteiger partial charge on any atom is -0.394 e. The summed E-state index contributed by atoms with van der Waals surface area (Å²) in [6, 6.07) is 10.6. The Hall–Kier alpha value is -2.09. The van der Waals surface area contributed by atoms with E-state index in [1.54, 1.807) is 41.9 Å². The fraction of sp³-hybridized carbons (Fsp3) is 0.333. The van der Waals surface area contributed by atoms with Gasteiger partial charge in [-0.25, -0.2) is 0 Å². The van der Waals surface area contributed by atoms with E-state index in [2.05, 4.69) is 5.43 Å². The molecule has 0 aliphatic carbocycles. The molecule has 0 saturated carbocycles. The summed E-state index contributed by atoms with van der Waals surface area (Å²) in [6.07, 6.45) is -0.824. The maximum Gasteiger partial charge on any atom is 0.270 e. The summed E-state index contributed by atoms with van der Waals surface area (Å²) in [5.41, 5.74) is 5.29. The van der Waals surface area contributed by atoms with Gasteiger partial charge in [0.1, 0.15) is 0 Å². The Morgan fingerprint density at radius 2 is 1.92 bits per heavy atom. The zero-order chi connectivity index (χ0) is 18.4. The van der Waals surface area contributed by atoms with Gasteiger partial charge in [0.25, 0.3) is 5.91 Å². The van der Waals surface area contributed by atoms with Crippen molar-refractivity contribution in [3.63, 3.8) is 0 Å². The molecule has 7 heteroatoms. The molecule has 25 heavy (non-hydrogen) atoms. The largest absolute Gasteiger partial charge is 0.394 e. The molecule has 1 unspecified atom stereocenters. The summed E-state index contributed by atoms with van der Waals surface area (Å²) in [5, 5.41) is 18.1. The number of rotatable bonds is 8. The predicted molar refractivity (Wildman–Crippen MR) is 98.8 cm³/mol. The van der Waals surface area contributed by atoms with Gasteiger partial charge >= 0.3 is 0 Å². The molecule has 2 aromatic rings. The minimum atomic E-state index is -0.824. The topological polar surface area (TPSA) is 91.6 Å². The smallest absolute Gasteiger partial charge is 0.270 e. The Balaban J connectivity index is 2.07. The number of aliphatic hydroxyl groups excluding tert-OH is 2. The van der Waals surface area contributed by atoms with Gasteiger partial charge in [-0.15, -0.1) is 0 Å². The first-order chi connectivity index (χ1) is 11.9. The number of ketones is 1. The van der Waals surface area contributed by atoms with Crippen LogP contribution in [0.25, 0.3) is 0 Å². The number of nitrogens with one attached hydrogen (secondary N) is 1. The van der Waals surface area contributed by atoms with Crippen molar-refractivity contribution in [3.8, 4) is 0 Å². The number of aryl methyl sites for hydroxylation is 1. The molecule has 0 aliphatic heterocycles. The van der Waals surface area contributed by atoms with E-state index in [4.69, 9.17) is 5.11 Å². The lowest BCUT2D eigenvalue weighted by Gasteiger charge is -2.11. The summed E-state index contributed by atoms with van der Waals surface area (Å²) < 4.78 is 1.61. The fourth-order valence-corrected chi connectivity index (χ4v) is 3.23. The Kier molecular flexibility index (Phi) is 6.81. The van der Waals surface area contributed by atoms with Crippen molar-refractivity contribution in [2.75, 3.05) is 23.5 Å². The molecule has 3 N–H and O–H groups in total. The van der Waals surface area contributed by atoms with Crippen LogP contribution in [0, 0.1) is 13.8 Å². The predicted octanol–water partition coefficient (Wildman–Crippen LogP) is 1.76. The molecule has 2 rings (SSSR count). The molecule has 1 atom stereocenters. The summed E-state index contributed by atoms with van der Waals surface area (Å²) in [5.74, 6) is 0.171. The van der Waals surface area contributed by atoms with E-state index < -0.39 is 6.10 Å². The van der Waals surface area contributed by atoms with Crippen molar-refractivity contribution in [2.24, 2.45) is 0 Å². The van der Waals surface area contributed by atoms with Crippen molar-refractivity contribution in [3.05, 3.63) is 58.9 Å². The van der Waals surface area contributed by atoms with Crippen LogP contribution in [0.5, 0.6) is 0 Å². The SMILES string of the molecule is Cc1cc(C(=O)CSCC(O)CO)c(C)n1NC(=O)c1ccccc1. The highest BCUT2D eigenvalue weighted by atomic mass is 32.2. The van der Waals surface area contributed by atoms with Gasteiger partial charge in [0.2, 0.25) is 0 Å². The van der Waals surface area contributed by atoms with Crippen LogP contribution >= 0.6 is 11.8 Å². The molecule has 1 aromatic carbocycles. The number of benzene rings is 1. The van der Waals surface area contributed by atoms with E-state index in [-0.39, 0.29) is 24.1 Å². The quantitative estimate of drug-likeness (QED) is 0.623. The van der Waals surface area contributed by atoms with E-state index in [1.165, 1.54) is 11.8 Å². The number of thioether (sulfide) groups is 1. The Morgan fingerprint density at radius 3 is 2.56 bits per heavy atom. The Bertz CT molecular complexity index is 743. The molecule has 0 aliphatic rings. The normalized spacial score (nSPS) is 12.0. The van der Waals surface area contributed by atoms with E-state index in [9.17, 15) is 14.7 Å². The van der Waals surface area contributed by atoms with E-state index in [0.29, 0.717) is 22.6 Å². The van der Waals surface area contributed by atoms with Crippen LogP contribution in [0.2, 0.25) is 0 Å². The molecule has 0 saturated heterocycles. The van der Waals surface area contributed by atoms with Gasteiger partial charge in [-0.05, 0) is 32.0 Å². The van der Waals surface area contributed by atoms with Crippen molar-refractivity contribution >= 4 is 23.5 Å². The number of hydrogen-bond donors (Lipinski definition) is 3. The van der Waals surface area contributed by atoms with Gasteiger partial charge in [0, 0.05) is 28.3 Å². The number of Topliss-reactive ketones (excluding diaryl/α,β-unsaturated/α-hetero) is 1. The maximum absolute atomic E-state index is 12.4. The molecule has 6 nitrogen and oxygen atoms in total. The highest BCUT2D eigenvalue weighted by Gasteiger charge is 2.18. The van der Waals surface area contributed by atoms with Crippen LogP contribution in [-0.4, -0.2) is 50.8 Å². The van der Waals surface area contributed by atoms with Gasteiger partial charge < -0.3 is 10.2 Å². The van der Waals surface area contributed by atoms with E-state index in [0.717, 1.165) is 5.69 Å². The average Bonchev–Trinajstić information content (AvgIpc) is 2.90. The van der Waals surface area contributed by atoms with Crippen molar-refractivity contribution in [2.45, 2.75) is 20.0 Å². The third-order valence-electron chi connectivity index (χ3n) is 3.74. The Labute approximate surface area is 150 Å². The number of amides is 1. The number of hydrogen-bond acceptors (Lipinski definition) is 5. The number of carbonyl (C=O) groups excluding carboxylic acids is 2. The van der Waals surface area contributed by atoms with Crippen LogP contribution in [0.3, 0.4) is 0 Å². The van der Waals surface area contributed by atoms with Gasteiger partial charge in [-0.2, -0.15) is 11.8 Å². The van der Waals surface area contributed by atoms with Crippen LogP contribution in [-0.2, 0) is 0 Å². The summed E-state index contributed by atoms with van der Waals surface area (Å²) in [7, 11) is 0. The monoisotopic (exact) mass is 362 g/mol. The molecule has 0 radical (unpaired) electrons. The molecule has 0 bridgehead atoms. The number of nitrogens with zero attached hydrogens (tertiary/aromatic N) is 1. The van der Waals surface area contributed by atoms with Crippen molar-refractivity contribution < 1.29 is 19.8 Å². The minimum absolute atomic E-state index is 0.0801. The highest BCUT2D eigenvalue weighted by molar-refractivity contribution is 8.00.